The Morgan fingerprint density at radius 3 is 2.50 bits per heavy atom. The number of amides is 1. The van der Waals surface area contributed by atoms with E-state index in [1.165, 1.54) is 6.42 Å². The predicted molar refractivity (Wildman–Crippen MR) is 128 cm³/mol. The van der Waals surface area contributed by atoms with Gasteiger partial charge in [-0.25, -0.2) is 4.98 Å². The first-order valence-electron chi connectivity index (χ1n) is 10.7. The quantitative estimate of drug-likeness (QED) is 0.478. The van der Waals surface area contributed by atoms with Crippen LogP contribution in [0.1, 0.15) is 46.5 Å². The first-order chi connectivity index (χ1) is 14.4. The molecule has 1 aliphatic rings. The lowest BCUT2D eigenvalue weighted by molar-refractivity contribution is -0.136. The maximum absolute atomic E-state index is 12.1. The minimum atomic E-state index is 0.260. The van der Waals surface area contributed by atoms with E-state index in [-0.39, 0.29) is 11.8 Å². The number of carbonyl (C=O) groups excluding carboxylic acids is 1. The molecule has 1 saturated carbocycles. The van der Waals surface area contributed by atoms with Crippen molar-refractivity contribution in [3.05, 3.63) is 41.0 Å². The molecule has 0 atom stereocenters. The Morgan fingerprint density at radius 2 is 1.90 bits per heavy atom. The average Bonchev–Trinajstić information content (AvgIpc) is 2.66. The van der Waals surface area contributed by atoms with Crippen LogP contribution in [0.25, 0.3) is 0 Å². The predicted octanol–water partition coefficient (Wildman–Crippen LogP) is 5.71. The molecule has 0 unspecified atom stereocenters. The molecule has 30 heavy (non-hydrogen) atoms. The van der Waals surface area contributed by atoms with E-state index in [0.717, 1.165) is 54.2 Å². The van der Waals surface area contributed by atoms with Crippen molar-refractivity contribution >= 4 is 39.3 Å². The lowest BCUT2D eigenvalue weighted by Crippen LogP contribution is -2.37. The molecule has 0 radical (unpaired) electrons. The number of nitrogens with one attached hydrogen (secondary N) is 2. The van der Waals surface area contributed by atoms with Gasteiger partial charge in [-0.1, -0.05) is 45.4 Å². The van der Waals surface area contributed by atoms with Crippen LogP contribution in [0.5, 0.6) is 0 Å². The second kappa shape index (κ2) is 12.5. The van der Waals surface area contributed by atoms with Crippen LogP contribution in [0, 0.1) is 11.8 Å². The molecule has 3 rings (SSSR count). The van der Waals surface area contributed by atoms with Gasteiger partial charge in [0.25, 0.3) is 0 Å². The van der Waals surface area contributed by atoms with E-state index in [1.54, 1.807) is 6.20 Å². The summed E-state index contributed by atoms with van der Waals surface area (Å²) in [4.78, 5) is 22.8. The summed E-state index contributed by atoms with van der Waals surface area (Å²) < 4.78 is 0.815. The summed E-state index contributed by atoms with van der Waals surface area (Å²) in [6.45, 7) is 7.99. The third-order valence-electron chi connectivity index (χ3n) is 4.57. The van der Waals surface area contributed by atoms with Gasteiger partial charge in [-0.15, -0.1) is 0 Å². The van der Waals surface area contributed by atoms with Crippen LogP contribution >= 0.6 is 15.9 Å². The highest BCUT2D eigenvalue weighted by Gasteiger charge is 2.27. The third kappa shape index (κ3) is 8.30. The Bertz CT molecular complexity index is 778. The normalized spacial score (nSPS) is 13.1. The monoisotopic (exact) mass is 475 g/mol. The minimum absolute atomic E-state index is 0.260. The minimum Gasteiger partial charge on any atom is -0.369 e. The van der Waals surface area contributed by atoms with Gasteiger partial charge in [-0.3, -0.25) is 4.79 Å². The molecule has 0 saturated heterocycles. The fourth-order valence-electron chi connectivity index (χ4n) is 2.80. The molecule has 1 heterocycles. The molecule has 1 aromatic heterocycles. The zero-order valence-corrected chi connectivity index (χ0v) is 20.1. The van der Waals surface area contributed by atoms with E-state index in [4.69, 9.17) is 0 Å². The number of rotatable bonds is 8. The van der Waals surface area contributed by atoms with Crippen molar-refractivity contribution in [2.75, 3.05) is 30.8 Å². The second-order valence-electron chi connectivity index (χ2n) is 8.28. The smallest absolute Gasteiger partial charge is 0.229 e. The van der Waals surface area contributed by atoms with Gasteiger partial charge < -0.3 is 15.5 Å². The van der Waals surface area contributed by atoms with Crippen LogP contribution in [-0.4, -0.2) is 40.9 Å². The zero-order valence-electron chi connectivity index (χ0n) is 18.5. The number of para-hydroxylation sites is 1. The van der Waals surface area contributed by atoms with Crippen LogP contribution in [0.15, 0.2) is 41.0 Å². The fraction of sp³-hybridized carbons (Fsp3) is 0.522. The highest BCUT2D eigenvalue weighted by atomic mass is 79.9. The molecule has 1 aromatic carbocycles. The van der Waals surface area contributed by atoms with Gasteiger partial charge in [-0.05, 0) is 53.2 Å². The number of hydrogen-bond acceptors (Lipinski definition) is 5. The number of aromatic nitrogens is 2. The third-order valence-corrected chi connectivity index (χ3v) is 5.15. The lowest BCUT2D eigenvalue weighted by atomic mass is 9.84. The molecule has 164 valence electrons. The number of halogens is 1. The molecule has 0 aliphatic heterocycles. The summed E-state index contributed by atoms with van der Waals surface area (Å²) >= 11 is 3.48. The van der Waals surface area contributed by atoms with Gasteiger partial charge >= 0.3 is 0 Å². The number of carbonyl (C=O) groups is 1. The largest absolute Gasteiger partial charge is 0.369 e. The van der Waals surface area contributed by atoms with Crippen LogP contribution in [0.2, 0.25) is 0 Å². The van der Waals surface area contributed by atoms with Gasteiger partial charge in [0, 0.05) is 37.9 Å². The highest BCUT2D eigenvalue weighted by molar-refractivity contribution is 9.10. The van der Waals surface area contributed by atoms with E-state index in [2.05, 4.69) is 57.3 Å². The van der Waals surface area contributed by atoms with Crippen molar-refractivity contribution in [1.82, 2.24) is 14.9 Å². The topological polar surface area (TPSA) is 70.2 Å². The Kier molecular flexibility index (Phi) is 10.1. The summed E-state index contributed by atoms with van der Waals surface area (Å²) in [6.07, 6.45) is 5.88. The molecule has 2 aromatic rings. The molecular formula is C23H34BrN5O. The Morgan fingerprint density at radius 1 is 1.23 bits per heavy atom. The SMILES string of the molecule is CC(C)C.CN(CCCNc1nc(Nc2ccccc2)ncc1Br)C(=O)C1CCC1. The second-order valence-corrected chi connectivity index (χ2v) is 9.14. The van der Waals surface area contributed by atoms with Crippen molar-refractivity contribution < 1.29 is 4.79 Å². The standard InChI is InChI=1S/C19H24BrN5O.C4H10/c1-25(18(26)14-7-5-8-14)12-6-11-21-17-16(20)13-22-19(24-17)23-15-9-3-2-4-10-15;1-4(2)3/h2-4,9-10,13-14H,5-8,11-12H2,1H3,(H2,21,22,23,24);4H,1-3H3. The van der Waals surface area contributed by atoms with Gasteiger partial charge in [0.2, 0.25) is 11.9 Å². The summed E-state index contributed by atoms with van der Waals surface area (Å²) in [7, 11) is 1.89. The molecule has 2 N–H and O–H groups in total. The Labute approximate surface area is 189 Å². The molecule has 0 bridgehead atoms. The average molecular weight is 476 g/mol. The Hall–Kier alpha value is -2.15. The maximum Gasteiger partial charge on any atom is 0.229 e. The molecule has 1 fully saturated rings. The number of nitrogens with zero attached hydrogens (tertiary/aromatic N) is 3. The van der Waals surface area contributed by atoms with Gasteiger partial charge in [0.05, 0.1) is 4.47 Å². The van der Waals surface area contributed by atoms with Crippen molar-refractivity contribution in [2.45, 2.75) is 46.5 Å². The molecule has 6 nitrogen and oxygen atoms in total. The van der Waals surface area contributed by atoms with Crippen molar-refractivity contribution in [1.29, 1.82) is 0 Å². The van der Waals surface area contributed by atoms with Crippen LogP contribution in [0.3, 0.4) is 0 Å². The fourth-order valence-corrected chi connectivity index (χ4v) is 3.13. The van der Waals surface area contributed by atoms with Gasteiger partial charge in [0.1, 0.15) is 5.82 Å². The molecule has 7 heteroatoms. The van der Waals surface area contributed by atoms with Gasteiger partial charge in [-0.2, -0.15) is 4.98 Å². The molecule has 1 aliphatic carbocycles. The summed E-state index contributed by atoms with van der Waals surface area (Å²) in [5.41, 5.74) is 0.942. The van der Waals surface area contributed by atoms with Crippen LogP contribution in [-0.2, 0) is 4.79 Å². The summed E-state index contributed by atoms with van der Waals surface area (Å²) in [5.74, 6) is 2.66. The van der Waals surface area contributed by atoms with E-state index >= 15 is 0 Å². The molecule has 1 amide bonds. The van der Waals surface area contributed by atoms with Crippen molar-refractivity contribution in [3.8, 4) is 0 Å². The molecule has 0 spiro atoms. The summed E-state index contributed by atoms with van der Waals surface area (Å²) in [5, 5.41) is 6.50. The zero-order chi connectivity index (χ0) is 21.9. The first-order valence-corrected chi connectivity index (χ1v) is 11.5. The first kappa shape index (κ1) is 24.1. The molecular weight excluding hydrogens is 442 g/mol. The van der Waals surface area contributed by atoms with E-state index in [9.17, 15) is 4.79 Å². The van der Waals surface area contributed by atoms with E-state index < -0.39 is 0 Å². The number of anilines is 3. The summed E-state index contributed by atoms with van der Waals surface area (Å²) in [6, 6.07) is 9.82. The van der Waals surface area contributed by atoms with Crippen molar-refractivity contribution in [3.63, 3.8) is 0 Å². The Balaban J connectivity index is 0.000000735. The van der Waals surface area contributed by atoms with E-state index in [0.29, 0.717) is 5.95 Å². The highest BCUT2D eigenvalue weighted by Crippen LogP contribution is 2.28. The van der Waals surface area contributed by atoms with Crippen molar-refractivity contribution in [2.24, 2.45) is 11.8 Å². The maximum atomic E-state index is 12.1. The van der Waals surface area contributed by atoms with E-state index in [1.807, 2.05) is 42.3 Å². The number of benzene rings is 1. The van der Waals surface area contributed by atoms with Crippen LogP contribution in [0.4, 0.5) is 17.5 Å². The van der Waals surface area contributed by atoms with Crippen LogP contribution < -0.4 is 10.6 Å². The number of hydrogen-bond donors (Lipinski definition) is 2. The van der Waals surface area contributed by atoms with Gasteiger partial charge in [0.15, 0.2) is 0 Å². The lowest BCUT2D eigenvalue weighted by Gasteiger charge is -2.29.